The lowest BCUT2D eigenvalue weighted by Crippen LogP contribution is -2.13. The van der Waals surface area contributed by atoms with Crippen LogP contribution in [0.25, 0.3) is 0 Å². The molecule has 0 aromatic carbocycles. The van der Waals surface area contributed by atoms with E-state index in [2.05, 4.69) is 25.2 Å². The lowest BCUT2D eigenvalue weighted by Gasteiger charge is -2.01. The first-order chi connectivity index (χ1) is 8.70. The van der Waals surface area contributed by atoms with Crippen LogP contribution in [0.3, 0.4) is 0 Å². The molecule has 0 spiro atoms. The Hall–Kier alpha value is -1.90. The van der Waals surface area contributed by atoms with Crippen molar-refractivity contribution in [3.8, 4) is 0 Å². The molecule has 8 nitrogen and oxygen atoms in total. The summed E-state index contributed by atoms with van der Waals surface area (Å²) in [7, 11) is 1.32. The minimum atomic E-state index is -0.401. The predicted molar refractivity (Wildman–Crippen MR) is 60.6 cm³/mol. The zero-order valence-corrected chi connectivity index (χ0v) is 10.7. The third kappa shape index (κ3) is 2.86. The first-order valence-corrected chi connectivity index (χ1v) is 6.04. The maximum Gasteiger partial charge on any atom is 0.327 e. The maximum absolute atomic E-state index is 11.1. The Kier molecular flexibility index (Phi) is 3.92. The fraction of sp³-hybridized carbons (Fsp3) is 0.444. The quantitative estimate of drug-likeness (QED) is 0.569. The summed E-state index contributed by atoms with van der Waals surface area (Å²) in [6, 6.07) is 0. The van der Waals surface area contributed by atoms with Gasteiger partial charge in [-0.3, -0.25) is 4.79 Å². The smallest absolute Gasteiger partial charge is 0.327 e. The van der Waals surface area contributed by atoms with Gasteiger partial charge in [-0.05, 0) is 17.4 Å². The van der Waals surface area contributed by atoms with Crippen molar-refractivity contribution in [1.29, 1.82) is 0 Å². The Morgan fingerprint density at radius 1 is 1.61 bits per heavy atom. The molecule has 0 aliphatic heterocycles. The van der Waals surface area contributed by atoms with E-state index in [1.54, 1.807) is 0 Å². The summed E-state index contributed by atoms with van der Waals surface area (Å²) in [5, 5.41) is 11.6. The number of ether oxygens (including phenoxy) is 1. The summed E-state index contributed by atoms with van der Waals surface area (Å²) in [4.78, 5) is 15.2. The van der Waals surface area contributed by atoms with Gasteiger partial charge in [0.25, 0.3) is 0 Å². The van der Waals surface area contributed by atoms with E-state index < -0.39 is 5.97 Å². The highest BCUT2D eigenvalue weighted by atomic mass is 32.2. The zero-order chi connectivity index (χ0) is 13.0. The van der Waals surface area contributed by atoms with Crippen LogP contribution in [0.1, 0.15) is 11.5 Å². The first kappa shape index (κ1) is 12.6. The summed E-state index contributed by atoms with van der Waals surface area (Å²) in [6.45, 7) is 1.82. The Morgan fingerprint density at radius 3 is 3.11 bits per heavy atom. The highest BCUT2D eigenvalue weighted by Gasteiger charge is 2.12. The SMILES string of the molecule is COC(=O)Cn1nnnc1SCc1ncoc1C. The zero-order valence-electron chi connectivity index (χ0n) is 9.86. The molecule has 9 heteroatoms. The van der Waals surface area contributed by atoms with E-state index in [1.807, 2.05) is 6.92 Å². The Bertz CT molecular complexity index is 538. The molecular formula is C9H11N5O3S. The van der Waals surface area contributed by atoms with Gasteiger partial charge in [-0.25, -0.2) is 9.67 Å². The molecule has 0 saturated heterocycles. The number of tetrazole rings is 1. The van der Waals surface area contributed by atoms with E-state index in [1.165, 1.54) is 29.9 Å². The van der Waals surface area contributed by atoms with Crippen LogP contribution in [0.15, 0.2) is 16.0 Å². The second-order valence-corrected chi connectivity index (χ2v) is 4.28. The molecule has 0 N–H and O–H groups in total. The van der Waals surface area contributed by atoms with Crippen LogP contribution in [0.5, 0.6) is 0 Å². The van der Waals surface area contributed by atoms with Crippen molar-refractivity contribution >= 4 is 17.7 Å². The van der Waals surface area contributed by atoms with Crippen molar-refractivity contribution in [3.05, 3.63) is 17.8 Å². The Labute approximate surface area is 107 Å². The Balaban J connectivity index is 2.00. The molecule has 2 rings (SSSR count). The van der Waals surface area contributed by atoms with Gasteiger partial charge in [0.2, 0.25) is 5.16 Å². The summed E-state index contributed by atoms with van der Waals surface area (Å²) in [5.41, 5.74) is 0.826. The number of hydrogen-bond donors (Lipinski definition) is 0. The fourth-order valence-corrected chi connectivity index (χ4v) is 2.07. The number of aromatic nitrogens is 5. The van der Waals surface area contributed by atoms with Crippen LogP contribution in [0.4, 0.5) is 0 Å². The normalized spacial score (nSPS) is 10.6. The lowest BCUT2D eigenvalue weighted by atomic mass is 10.4. The van der Waals surface area contributed by atoms with E-state index >= 15 is 0 Å². The number of aryl methyl sites for hydroxylation is 1. The van der Waals surface area contributed by atoms with Gasteiger partial charge < -0.3 is 9.15 Å². The van der Waals surface area contributed by atoms with Crippen LogP contribution in [-0.2, 0) is 21.8 Å². The van der Waals surface area contributed by atoms with Crippen LogP contribution in [0.2, 0.25) is 0 Å². The molecule has 0 unspecified atom stereocenters. The second kappa shape index (κ2) is 5.63. The van der Waals surface area contributed by atoms with Crippen molar-refractivity contribution in [2.45, 2.75) is 24.4 Å². The van der Waals surface area contributed by atoms with E-state index in [9.17, 15) is 4.79 Å². The van der Waals surface area contributed by atoms with Gasteiger partial charge in [-0.1, -0.05) is 11.8 Å². The summed E-state index contributed by atoms with van der Waals surface area (Å²) in [5.74, 6) is 0.931. The molecular weight excluding hydrogens is 258 g/mol. The molecule has 2 heterocycles. The molecule has 96 valence electrons. The van der Waals surface area contributed by atoms with Crippen LogP contribution in [-0.4, -0.2) is 38.3 Å². The molecule has 0 aliphatic carbocycles. The standard InChI is InChI=1S/C9H11N5O3S/c1-6-7(10-5-17-6)4-18-9-11-12-13-14(9)3-8(15)16-2/h5H,3-4H2,1-2H3. The third-order valence-electron chi connectivity index (χ3n) is 2.19. The van der Waals surface area contributed by atoms with Crippen molar-refractivity contribution in [1.82, 2.24) is 25.2 Å². The van der Waals surface area contributed by atoms with Crippen molar-refractivity contribution in [3.63, 3.8) is 0 Å². The maximum atomic E-state index is 11.1. The number of carbonyl (C=O) groups excluding carboxylic acids is 1. The molecule has 18 heavy (non-hydrogen) atoms. The molecule has 0 amide bonds. The van der Waals surface area contributed by atoms with Gasteiger partial charge in [0.15, 0.2) is 6.39 Å². The summed E-state index contributed by atoms with van der Waals surface area (Å²) < 4.78 is 11.0. The van der Waals surface area contributed by atoms with Gasteiger partial charge in [-0.15, -0.1) is 5.10 Å². The molecule has 0 bridgehead atoms. The number of methoxy groups -OCH3 is 1. The van der Waals surface area contributed by atoms with Crippen LogP contribution >= 0.6 is 11.8 Å². The Morgan fingerprint density at radius 2 is 2.44 bits per heavy atom. The largest absolute Gasteiger partial charge is 0.468 e. The van der Waals surface area contributed by atoms with Gasteiger partial charge in [-0.2, -0.15) is 0 Å². The highest BCUT2D eigenvalue weighted by molar-refractivity contribution is 7.98. The summed E-state index contributed by atoms with van der Waals surface area (Å²) in [6.07, 6.45) is 1.39. The number of nitrogens with zero attached hydrogens (tertiary/aromatic N) is 5. The number of thioether (sulfide) groups is 1. The molecule has 0 atom stereocenters. The molecule has 0 fully saturated rings. The predicted octanol–water partition coefficient (Wildman–Crippen LogP) is 0.435. The van der Waals surface area contributed by atoms with E-state index in [4.69, 9.17) is 4.42 Å². The van der Waals surface area contributed by atoms with E-state index in [0.717, 1.165) is 11.5 Å². The van der Waals surface area contributed by atoms with Gasteiger partial charge in [0.05, 0.1) is 12.8 Å². The van der Waals surface area contributed by atoms with Crippen molar-refractivity contribution in [2.75, 3.05) is 7.11 Å². The number of esters is 1. The van der Waals surface area contributed by atoms with Gasteiger partial charge in [0, 0.05) is 5.75 Å². The van der Waals surface area contributed by atoms with Crippen LogP contribution < -0.4 is 0 Å². The molecule has 2 aromatic rings. The molecule has 2 aromatic heterocycles. The molecule has 0 aliphatic rings. The number of rotatable bonds is 5. The highest BCUT2D eigenvalue weighted by Crippen LogP contribution is 2.20. The molecule has 0 radical (unpaired) electrons. The van der Waals surface area contributed by atoms with E-state index in [0.29, 0.717) is 10.9 Å². The monoisotopic (exact) mass is 269 g/mol. The number of oxazole rings is 1. The minimum absolute atomic E-state index is 0.0103. The van der Waals surface area contributed by atoms with Crippen molar-refractivity contribution < 1.29 is 13.9 Å². The lowest BCUT2D eigenvalue weighted by molar-refractivity contribution is -0.141. The van der Waals surface area contributed by atoms with E-state index in [-0.39, 0.29) is 6.54 Å². The number of hydrogen-bond acceptors (Lipinski definition) is 8. The van der Waals surface area contributed by atoms with Crippen LogP contribution in [0, 0.1) is 6.92 Å². The van der Waals surface area contributed by atoms with Crippen molar-refractivity contribution in [2.24, 2.45) is 0 Å². The fourth-order valence-electron chi connectivity index (χ4n) is 1.19. The second-order valence-electron chi connectivity index (χ2n) is 3.34. The average molecular weight is 269 g/mol. The molecule has 0 saturated carbocycles. The minimum Gasteiger partial charge on any atom is -0.468 e. The number of carbonyl (C=O) groups is 1. The first-order valence-electron chi connectivity index (χ1n) is 5.05. The topological polar surface area (TPSA) is 95.9 Å². The summed E-state index contributed by atoms with van der Waals surface area (Å²) >= 11 is 1.37. The average Bonchev–Trinajstić information content (AvgIpc) is 2.96. The van der Waals surface area contributed by atoms with Gasteiger partial charge in [0.1, 0.15) is 12.3 Å². The third-order valence-corrected chi connectivity index (χ3v) is 3.16. The van der Waals surface area contributed by atoms with Gasteiger partial charge >= 0.3 is 5.97 Å².